The van der Waals surface area contributed by atoms with Crippen molar-refractivity contribution in [2.45, 2.75) is 51.6 Å². The predicted molar refractivity (Wildman–Crippen MR) is 112 cm³/mol. The number of rotatable bonds is 6. The number of nitrogens with one attached hydrogen (secondary N) is 1. The Morgan fingerprint density at radius 2 is 1.83 bits per heavy atom. The summed E-state index contributed by atoms with van der Waals surface area (Å²) in [5, 5.41) is 9.88. The van der Waals surface area contributed by atoms with Gasteiger partial charge in [0, 0.05) is 29.7 Å². The Balaban J connectivity index is 1.94. The van der Waals surface area contributed by atoms with Gasteiger partial charge >= 0.3 is 0 Å². The molecule has 3 aromatic rings. The van der Waals surface area contributed by atoms with E-state index in [1.165, 1.54) is 12.1 Å². The zero-order valence-electron chi connectivity index (χ0n) is 17.0. The number of halogens is 1. The van der Waals surface area contributed by atoms with Gasteiger partial charge in [-0.1, -0.05) is 24.6 Å². The molecule has 0 spiro atoms. The largest absolute Gasteiger partial charge is 0.345 e. The highest BCUT2D eigenvalue weighted by Crippen LogP contribution is 2.24. The normalized spacial score (nSPS) is 12.8. The summed E-state index contributed by atoms with van der Waals surface area (Å²) in [7, 11) is -3.72. The lowest BCUT2D eigenvalue weighted by Crippen LogP contribution is -2.38. The summed E-state index contributed by atoms with van der Waals surface area (Å²) >= 11 is 0. The second-order valence-corrected chi connectivity index (χ2v) is 9.07. The predicted octanol–water partition coefficient (Wildman–Crippen LogP) is 4.33. The van der Waals surface area contributed by atoms with Crippen molar-refractivity contribution in [2.75, 3.05) is 0 Å². The minimum absolute atomic E-state index is 0.304. The van der Waals surface area contributed by atoms with Crippen LogP contribution in [-0.4, -0.2) is 19.0 Å². The highest BCUT2D eigenvalue weighted by molar-refractivity contribution is 7.89. The first-order valence-electron chi connectivity index (χ1n) is 9.45. The molecule has 1 heterocycles. The maximum absolute atomic E-state index is 13.6. The van der Waals surface area contributed by atoms with Gasteiger partial charge in [0.2, 0.25) is 10.0 Å². The Kier molecular flexibility index (Phi) is 5.78. The summed E-state index contributed by atoms with van der Waals surface area (Å²) in [6, 6.07) is 9.69. The molecule has 1 aromatic heterocycles. The standard InChI is InChI=1S/C22H24FN3O2S/c1-5-19(25-29(27,28)22-15(3)8-14(2)9-16(22)4)13-26-12-17(11-24)20-10-18(23)6-7-21(20)26/h6-10,12,19,25H,5,13H2,1-4H3. The van der Waals surface area contributed by atoms with Gasteiger partial charge in [0.25, 0.3) is 0 Å². The molecule has 0 amide bonds. The van der Waals surface area contributed by atoms with Crippen LogP contribution in [0.5, 0.6) is 0 Å². The number of nitriles is 1. The Morgan fingerprint density at radius 1 is 1.17 bits per heavy atom. The molecule has 0 saturated carbocycles. The number of hydrogen-bond acceptors (Lipinski definition) is 3. The molecule has 1 atom stereocenters. The van der Waals surface area contributed by atoms with Crippen LogP contribution < -0.4 is 4.72 Å². The number of hydrogen-bond donors (Lipinski definition) is 1. The van der Waals surface area contributed by atoms with Gasteiger partial charge < -0.3 is 4.57 Å². The fourth-order valence-electron chi connectivity index (χ4n) is 3.87. The Bertz CT molecular complexity index is 1200. The van der Waals surface area contributed by atoms with Crippen molar-refractivity contribution in [3.05, 3.63) is 64.6 Å². The van der Waals surface area contributed by atoms with E-state index in [2.05, 4.69) is 10.8 Å². The van der Waals surface area contributed by atoms with Crippen molar-refractivity contribution in [3.63, 3.8) is 0 Å². The van der Waals surface area contributed by atoms with Gasteiger partial charge in [0.05, 0.1) is 10.5 Å². The number of aryl methyl sites for hydroxylation is 3. The number of nitrogens with zero attached hydrogens (tertiary/aromatic N) is 2. The second kappa shape index (κ2) is 7.97. The average molecular weight is 414 g/mol. The maximum Gasteiger partial charge on any atom is 0.241 e. The van der Waals surface area contributed by atoms with Crippen molar-refractivity contribution in [3.8, 4) is 6.07 Å². The van der Waals surface area contributed by atoms with Crippen LogP contribution in [0.15, 0.2) is 41.4 Å². The first-order chi connectivity index (χ1) is 13.7. The first kappa shape index (κ1) is 21.0. The van der Waals surface area contributed by atoms with Crippen LogP contribution in [0.2, 0.25) is 0 Å². The van der Waals surface area contributed by atoms with Crippen LogP contribution >= 0.6 is 0 Å². The maximum atomic E-state index is 13.6. The van der Waals surface area contributed by atoms with Crippen molar-refractivity contribution in [1.29, 1.82) is 5.26 Å². The van der Waals surface area contributed by atoms with Crippen molar-refractivity contribution < 1.29 is 12.8 Å². The molecule has 29 heavy (non-hydrogen) atoms. The summed E-state index contributed by atoms with van der Waals surface area (Å²) in [4.78, 5) is 0.304. The molecule has 3 rings (SSSR count). The molecule has 2 aromatic carbocycles. The molecule has 152 valence electrons. The lowest BCUT2D eigenvalue weighted by molar-refractivity contribution is 0.491. The molecule has 7 heteroatoms. The first-order valence-corrected chi connectivity index (χ1v) is 10.9. The third-order valence-corrected chi connectivity index (χ3v) is 6.89. The Labute approximate surface area is 170 Å². The number of fused-ring (bicyclic) bond motifs is 1. The molecule has 0 aliphatic rings. The quantitative estimate of drug-likeness (QED) is 0.653. The summed E-state index contributed by atoms with van der Waals surface area (Å²) in [6.45, 7) is 7.76. The molecule has 0 radical (unpaired) electrons. The minimum Gasteiger partial charge on any atom is -0.345 e. The van der Waals surface area contributed by atoms with Crippen molar-refractivity contribution in [1.82, 2.24) is 9.29 Å². The molecule has 1 unspecified atom stereocenters. The van der Waals surface area contributed by atoms with Crippen LogP contribution in [0.1, 0.15) is 35.6 Å². The van der Waals surface area contributed by atoms with E-state index in [1.807, 2.05) is 26.0 Å². The van der Waals surface area contributed by atoms with E-state index < -0.39 is 15.8 Å². The van der Waals surface area contributed by atoms with E-state index in [9.17, 15) is 18.1 Å². The summed E-state index contributed by atoms with van der Waals surface area (Å²) in [5.41, 5.74) is 3.49. The van der Waals surface area contributed by atoms with Gasteiger partial charge in [0.15, 0.2) is 0 Å². The molecule has 1 N–H and O–H groups in total. The molecule has 0 saturated heterocycles. The van der Waals surface area contributed by atoms with E-state index in [0.29, 0.717) is 45.5 Å². The lowest BCUT2D eigenvalue weighted by Gasteiger charge is -2.20. The topological polar surface area (TPSA) is 74.9 Å². The molecule has 0 fully saturated rings. The van der Waals surface area contributed by atoms with E-state index in [-0.39, 0.29) is 6.04 Å². The van der Waals surface area contributed by atoms with Crippen LogP contribution in [0.4, 0.5) is 4.39 Å². The van der Waals surface area contributed by atoms with E-state index in [1.54, 1.807) is 30.7 Å². The second-order valence-electron chi connectivity index (χ2n) is 7.42. The molecular weight excluding hydrogens is 389 g/mol. The summed E-state index contributed by atoms with van der Waals surface area (Å²) < 4.78 is 44.4. The summed E-state index contributed by atoms with van der Waals surface area (Å²) in [5.74, 6) is -0.412. The summed E-state index contributed by atoms with van der Waals surface area (Å²) in [6.07, 6.45) is 2.20. The lowest BCUT2D eigenvalue weighted by atomic mass is 10.1. The molecule has 0 aliphatic carbocycles. The molecule has 5 nitrogen and oxygen atoms in total. The molecular formula is C22H24FN3O2S. The fourth-order valence-corrected chi connectivity index (χ4v) is 5.63. The monoisotopic (exact) mass is 413 g/mol. The number of aromatic nitrogens is 1. The van der Waals surface area contributed by atoms with Gasteiger partial charge in [-0.15, -0.1) is 0 Å². The SMILES string of the molecule is CCC(Cn1cc(C#N)c2cc(F)ccc21)NS(=O)(=O)c1c(C)cc(C)cc1C. The van der Waals surface area contributed by atoms with Gasteiger partial charge in [-0.05, 0) is 56.5 Å². The van der Waals surface area contributed by atoms with Crippen LogP contribution in [-0.2, 0) is 16.6 Å². The third kappa shape index (κ3) is 4.19. The smallest absolute Gasteiger partial charge is 0.241 e. The van der Waals surface area contributed by atoms with Crippen LogP contribution in [0.3, 0.4) is 0 Å². The zero-order valence-corrected chi connectivity index (χ0v) is 17.8. The third-order valence-electron chi connectivity index (χ3n) is 5.07. The Morgan fingerprint density at radius 3 is 2.41 bits per heavy atom. The number of sulfonamides is 1. The van der Waals surface area contributed by atoms with Crippen molar-refractivity contribution in [2.24, 2.45) is 0 Å². The minimum atomic E-state index is -3.72. The molecule has 0 bridgehead atoms. The number of benzene rings is 2. The van der Waals surface area contributed by atoms with Gasteiger partial charge in [-0.3, -0.25) is 0 Å². The van der Waals surface area contributed by atoms with Gasteiger partial charge in [-0.2, -0.15) is 5.26 Å². The molecule has 0 aliphatic heterocycles. The van der Waals surface area contributed by atoms with E-state index in [0.717, 1.165) is 5.56 Å². The van der Waals surface area contributed by atoms with Crippen LogP contribution in [0.25, 0.3) is 10.9 Å². The van der Waals surface area contributed by atoms with Gasteiger partial charge in [-0.25, -0.2) is 17.5 Å². The zero-order chi connectivity index (χ0) is 21.3. The van der Waals surface area contributed by atoms with E-state index >= 15 is 0 Å². The highest BCUT2D eigenvalue weighted by atomic mass is 32.2. The fraction of sp³-hybridized carbons (Fsp3) is 0.318. The van der Waals surface area contributed by atoms with Gasteiger partial charge in [0.1, 0.15) is 11.9 Å². The van der Waals surface area contributed by atoms with Crippen LogP contribution in [0, 0.1) is 37.9 Å². The Hall–Kier alpha value is -2.69. The van der Waals surface area contributed by atoms with Crippen molar-refractivity contribution >= 4 is 20.9 Å². The van der Waals surface area contributed by atoms with E-state index in [4.69, 9.17) is 0 Å². The average Bonchev–Trinajstić information content (AvgIpc) is 2.96. The highest BCUT2D eigenvalue weighted by Gasteiger charge is 2.24.